The highest BCUT2D eigenvalue weighted by Crippen LogP contribution is 2.20. The normalized spacial score (nSPS) is 15.5. The number of ether oxygens (including phenoxy) is 1. The topological polar surface area (TPSA) is 67.4 Å². The third-order valence-corrected chi connectivity index (χ3v) is 3.39. The van der Waals surface area contributed by atoms with Crippen molar-refractivity contribution in [3.05, 3.63) is 35.4 Å². The van der Waals surface area contributed by atoms with Gasteiger partial charge in [0.25, 0.3) is 0 Å². The molecule has 0 bridgehead atoms. The summed E-state index contributed by atoms with van der Waals surface area (Å²) in [6, 6.07) is 8.01. The molecule has 1 aliphatic carbocycles. The number of methoxy groups -OCH3 is 1. The molecule has 0 aromatic heterocycles. The summed E-state index contributed by atoms with van der Waals surface area (Å²) in [5.74, 6) is -1.17. The number of aryl methyl sites for hydroxylation is 1. The molecule has 2 amide bonds. The minimum Gasteiger partial charge on any atom is -0.375 e. The molecule has 0 radical (unpaired) electrons. The van der Waals surface area contributed by atoms with E-state index in [9.17, 15) is 9.59 Å². The van der Waals surface area contributed by atoms with Crippen LogP contribution in [0.3, 0.4) is 0 Å². The molecule has 0 unspecified atom stereocenters. The Morgan fingerprint density at radius 2 is 2.00 bits per heavy atom. The van der Waals surface area contributed by atoms with Gasteiger partial charge in [0.1, 0.15) is 0 Å². The lowest BCUT2D eigenvalue weighted by molar-refractivity contribution is -0.139. The van der Waals surface area contributed by atoms with Crippen LogP contribution in [0.1, 0.15) is 30.1 Å². The van der Waals surface area contributed by atoms with Crippen LogP contribution in [0.2, 0.25) is 0 Å². The SMILES string of the molecule is CO[C@H](CNC(=O)C(=O)NC1CC1)c1ccccc1C. The van der Waals surface area contributed by atoms with E-state index in [2.05, 4.69) is 10.6 Å². The number of hydrogen-bond donors (Lipinski definition) is 2. The van der Waals surface area contributed by atoms with Crippen LogP contribution in [-0.2, 0) is 14.3 Å². The Morgan fingerprint density at radius 1 is 1.30 bits per heavy atom. The van der Waals surface area contributed by atoms with Crippen molar-refractivity contribution in [2.24, 2.45) is 0 Å². The fourth-order valence-electron chi connectivity index (χ4n) is 2.01. The van der Waals surface area contributed by atoms with E-state index in [0.717, 1.165) is 24.0 Å². The lowest BCUT2D eigenvalue weighted by atomic mass is 10.0. The van der Waals surface area contributed by atoms with Crippen LogP contribution in [0.5, 0.6) is 0 Å². The van der Waals surface area contributed by atoms with Crippen molar-refractivity contribution in [1.82, 2.24) is 10.6 Å². The molecule has 5 nitrogen and oxygen atoms in total. The van der Waals surface area contributed by atoms with Gasteiger partial charge in [-0.25, -0.2) is 0 Å². The van der Waals surface area contributed by atoms with Crippen molar-refractivity contribution < 1.29 is 14.3 Å². The van der Waals surface area contributed by atoms with Crippen LogP contribution in [0, 0.1) is 6.92 Å². The lowest BCUT2D eigenvalue weighted by Crippen LogP contribution is -2.42. The van der Waals surface area contributed by atoms with Gasteiger partial charge in [-0.15, -0.1) is 0 Å². The summed E-state index contributed by atoms with van der Waals surface area (Å²) in [5, 5.41) is 5.27. The van der Waals surface area contributed by atoms with E-state index in [0.29, 0.717) is 0 Å². The smallest absolute Gasteiger partial charge is 0.309 e. The van der Waals surface area contributed by atoms with Crippen LogP contribution < -0.4 is 10.6 Å². The van der Waals surface area contributed by atoms with Crippen molar-refractivity contribution in [2.75, 3.05) is 13.7 Å². The zero-order valence-electron chi connectivity index (χ0n) is 11.8. The van der Waals surface area contributed by atoms with E-state index in [-0.39, 0.29) is 18.7 Å². The van der Waals surface area contributed by atoms with Crippen molar-refractivity contribution in [1.29, 1.82) is 0 Å². The second kappa shape index (κ2) is 6.52. The van der Waals surface area contributed by atoms with Gasteiger partial charge in [0.05, 0.1) is 6.10 Å². The second-order valence-corrected chi connectivity index (χ2v) is 5.04. The second-order valence-electron chi connectivity index (χ2n) is 5.04. The molecule has 1 aromatic carbocycles. The largest absolute Gasteiger partial charge is 0.375 e. The number of carbonyl (C=O) groups is 2. The lowest BCUT2D eigenvalue weighted by Gasteiger charge is -2.18. The average molecular weight is 276 g/mol. The highest BCUT2D eigenvalue weighted by Gasteiger charge is 2.26. The highest BCUT2D eigenvalue weighted by atomic mass is 16.5. The standard InChI is InChI=1S/C15H20N2O3/c1-10-5-3-4-6-12(10)13(20-2)9-16-14(18)15(19)17-11-7-8-11/h3-6,11,13H,7-9H2,1-2H3,(H,16,18)(H,17,19)/t13-/m1/s1. The molecule has 2 N–H and O–H groups in total. The number of benzene rings is 1. The Balaban J connectivity index is 1.88. The van der Waals surface area contributed by atoms with E-state index in [1.54, 1.807) is 7.11 Å². The van der Waals surface area contributed by atoms with E-state index < -0.39 is 11.8 Å². The fourth-order valence-corrected chi connectivity index (χ4v) is 2.01. The molecule has 1 aromatic rings. The van der Waals surface area contributed by atoms with Gasteiger partial charge in [0.15, 0.2) is 0 Å². The average Bonchev–Trinajstić information content (AvgIpc) is 3.24. The van der Waals surface area contributed by atoms with E-state index in [1.807, 2.05) is 31.2 Å². The molecule has 0 spiro atoms. The third-order valence-electron chi connectivity index (χ3n) is 3.39. The number of rotatable bonds is 5. The van der Waals surface area contributed by atoms with Gasteiger partial charge in [-0.2, -0.15) is 0 Å². The third kappa shape index (κ3) is 3.81. The first kappa shape index (κ1) is 14.5. The van der Waals surface area contributed by atoms with Gasteiger partial charge >= 0.3 is 11.8 Å². The molecule has 5 heteroatoms. The molecule has 0 heterocycles. The van der Waals surface area contributed by atoms with Crippen molar-refractivity contribution >= 4 is 11.8 Å². The van der Waals surface area contributed by atoms with Crippen LogP contribution in [0.25, 0.3) is 0 Å². The Hall–Kier alpha value is -1.88. The Kier molecular flexibility index (Phi) is 4.74. The maximum Gasteiger partial charge on any atom is 0.309 e. The van der Waals surface area contributed by atoms with Crippen molar-refractivity contribution in [3.63, 3.8) is 0 Å². The van der Waals surface area contributed by atoms with Crippen molar-refractivity contribution in [3.8, 4) is 0 Å². The van der Waals surface area contributed by atoms with Gasteiger partial charge in [-0.3, -0.25) is 9.59 Å². The maximum atomic E-state index is 11.7. The quantitative estimate of drug-likeness (QED) is 0.791. The Labute approximate surface area is 118 Å². The number of hydrogen-bond acceptors (Lipinski definition) is 3. The summed E-state index contributed by atoms with van der Waals surface area (Å²) in [4.78, 5) is 23.2. The molecule has 0 aliphatic heterocycles. The summed E-state index contributed by atoms with van der Waals surface area (Å²) < 4.78 is 5.39. The highest BCUT2D eigenvalue weighted by molar-refractivity contribution is 6.35. The molecule has 108 valence electrons. The first-order chi connectivity index (χ1) is 9.61. The molecular weight excluding hydrogens is 256 g/mol. The summed E-state index contributed by atoms with van der Waals surface area (Å²) >= 11 is 0. The number of carbonyl (C=O) groups excluding carboxylic acids is 2. The first-order valence-electron chi connectivity index (χ1n) is 6.79. The Bertz CT molecular complexity index is 498. The van der Waals surface area contributed by atoms with Crippen LogP contribution in [0.15, 0.2) is 24.3 Å². The summed E-state index contributed by atoms with van der Waals surface area (Å²) in [6.45, 7) is 2.27. The molecule has 20 heavy (non-hydrogen) atoms. The molecule has 1 aliphatic rings. The summed E-state index contributed by atoms with van der Waals surface area (Å²) in [6.07, 6.45) is 1.67. The van der Waals surface area contributed by atoms with Crippen LogP contribution in [0.4, 0.5) is 0 Å². The monoisotopic (exact) mass is 276 g/mol. The van der Waals surface area contributed by atoms with Crippen LogP contribution in [-0.4, -0.2) is 31.5 Å². The molecular formula is C15H20N2O3. The first-order valence-corrected chi connectivity index (χ1v) is 6.79. The number of nitrogens with one attached hydrogen (secondary N) is 2. The zero-order valence-corrected chi connectivity index (χ0v) is 11.8. The molecule has 1 fully saturated rings. The van der Waals surface area contributed by atoms with E-state index >= 15 is 0 Å². The number of amides is 2. The van der Waals surface area contributed by atoms with E-state index in [4.69, 9.17) is 4.74 Å². The van der Waals surface area contributed by atoms with Gasteiger partial charge in [0, 0.05) is 19.7 Å². The van der Waals surface area contributed by atoms with Gasteiger partial charge in [0.2, 0.25) is 0 Å². The maximum absolute atomic E-state index is 11.7. The van der Waals surface area contributed by atoms with Gasteiger partial charge in [-0.1, -0.05) is 24.3 Å². The van der Waals surface area contributed by atoms with Crippen molar-refractivity contribution in [2.45, 2.75) is 31.9 Å². The minimum absolute atomic E-state index is 0.183. The Morgan fingerprint density at radius 3 is 2.60 bits per heavy atom. The zero-order chi connectivity index (χ0) is 14.5. The van der Waals surface area contributed by atoms with Gasteiger partial charge in [-0.05, 0) is 30.9 Å². The summed E-state index contributed by atoms with van der Waals surface area (Å²) in [5.41, 5.74) is 2.11. The molecule has 2 rings (SSSR count). The molecule has 1 saturated carbocycles. The minimum atomic E-state index is -0.604. The fraction of sp³-hybridized carbons (Fsp3) is 0.467. The predicted octanol–water partition coefficient (Wildman–Crippen LogP) is 1.08. The molecule has 1 atom stereocenters. The van der Waals surface area contributed by atoms with E-state index in [1.165, 1.54) is 0 Å². The van der Waals surface area contributed by atoms with Crippen LogP contribution >= 0.6 is 0 Å². The summed E-state index contributed by atoms with van der Waals surface area (Å²) in [7, 11) is 1.59. The predicted molar refractivity (Wildman–Crippen MR) is 75.1 cm³/mol. The molecule has 0 saturated heterocycles. The van der Waals surface area contributed by atoms with Gasteiger partial charge < -0.3 is 15.4 Å².